The van der Waals surface area contributed by atoms with Crippen LogP contribution in [-0.2, 0) is 12.8 Å². The van der Waals surface area contributed by atoms with Gasteiger partial charge in [-0.3, -0.25) is 4.99 Å². The molecule has 0 saturated carbocycles. The van der Waals surface area contributed by atoms with Crippen LogP contribution in [0.3, 0.4) is 0 Å². The largest absolute Gasteiger partial charge is 0.496 e. The van der Waals surface area contributed by atoms with Crippen LogP contribution in [0.4, 0.5) is 0 Å². The molecule has 0 aliphatic carbocycles. The second-order valence-electron chi connectivity index (χ2n) is 3.31. The lowest BCUT2D eigenvalue weighted by Crippen LogP contribution is -1.97. The van der Waals surface area contributed by atoms with Gasteiger partial charge in [-0.1, -0.05) is 19.1 Å². The minimum Gasteiger partial charge on any atom is -0.496 e. The molecule has 0 bridgehead atoms. The zero-order valence-electron chi connectivity index (χ0n) is 9.36. The maximum absolute atomic E-state index is 5.32. The number of aryl methyl sites for hydroxylation is 1. The molecule has 1 aromatic carbocycles. The molecule has 0 spiro atoms. The summed E-state index contributed by atoms with van der Waals surface area (Å²) in [6.45, 7) is 2.85. The van der Waals surface area contributed by atoms with Crippen molar-refractivity contribution < 1.29 is 4.74 Å². The van der Waals surface area contributed by atoms with E-state index in [9.17, 15) is 0 Å². The molecule has 15 heavy (non-hydrogen) atoms. The normalized spacial score (nSPS) is 10.8. The number of methoxy groups -OCH3 is 1. The standard InChI is InChI=1S/C12H18N2O/c1-3-11-5-4-10(6-7-14-9-13)8-12(11)15-2/h4-5,8-9H,3,6-7H2,1-2H3,(H2,13,14). The van der Waals surface area contributed by atoms with Crippen LogP contribution in [0.25, 0.3) is 0 Å². The molecule has 0 aromatic heterocycles. The predicted molar refractivity (Wildman–Crippen MR) is 63.6 cm³/mol. The van der Waals surface area contributed by atoms with Crippen LogP contribution in [0.15, 0.2) is 23.2 Å². The third-order valence-corrected chi connectivity index (χ3v) is 2.37. The zero-order valence-corrected chi connectivity index (χ0v) is 9.36. The van der Waals surface area contributed by atoms with Crippen LogP contribution in [0.2, 0.25) is 0 Å². The predicted octanol–water partition coefficient (Wildman–Crippen LogP) is 1.79. The molecule has 0 unspecified atom stereocenters. The highest BCUT2D eigenvalue weighted by Crippen LogP contribution is 2.20. The van der Waals surface area contributed by atoms with E-state index >= 15 is 0 Å². The van der Waals surface area contributed by atoms with E-state index < -0.39 is 0 Å². The molecular weight excluding hydrogens is 188 g/mol. The molecule has 0 fully saturated rings. The van der Waals surface area contributed by atoms with E-state index in [0.29, 0.717) is 0 Å². The summed E-state index contributed by atoms with van der Waals surface area (Å²) >= 11 is 0. The highest BCUT2D eigenvalue weighted by molar-refractivity contribution is 5.51. The van der Waals surface area contributed by atoms with Crippen molar-refractivity contribution in [3.8, 4) is 5.75 Å². The zero-order chi connectivity index (χ0) is 11.1. The highest BCUT2D eigenvalue weighted by Gasteiger charge is 2.01. The van der Waals surface area contributed by atoms with E-state index in [1.165, 1.54) is 17.5 Å². The topological polar surface area (TPSA) is 47.6 Å². The fourth-order valence-electron chi connectivity index (χ4n) is 1.50. The molecule has 0 atom stereocenters. The number of rotatable bonds is 5. The van der Waals surface area contributed by atoms with E-state index in [0.717, 1.165) is 25.1 Å². The van der Waals surface area contributed by atoms with E-state index in [1.807, 2.05) is 0 Å². The first-order chi connectivity index (χ1) is 7.31. The third-order valence-electron chi connectivity index (χ3n) is 2.37. The fourth-order valence-corrected chi connectivity index (χ4v) is 1.50. The van der Waals surface area contributed by atoms with Crippen molar-refractivity contribution in [3.05, 3.63) is 29.3 Å². The summed E-state index contributed by atoms with van der Waals surface area (Å²) in [4.78, 5) is 3.98. The number of ether oxygens (including phenoxy) is 1. The number of nitrogens with zero attached hydrogens (tertiary/aromatic N) is 1. The summed E-state index contributed by atoms with van der Waals surface area (Å²) in [5.41, 5.74) is 7.65. The van der Waals surface area contributed by atoms with Crippen molar-refractivity contribution in [2.24, 2.45) is 10.7 Å². The lowest BCUT2D eigenvalue weighted by molar-refractivity contribution is 0.409. The second-order valence-corrected chi connectivity index (χ2v) is 3.31. The Hall–Kier alpha value is -1.51. The Balaban J connectivity index is 2.74. The van der Waals surface area contributed by atoms with Crippen LogP contribution in [0.1, 0.15) is 18.1 Å². The van der Waals surface area contributed by atoms with Gasteiger partial charge < -0.3 is 10.5 Å². The number of hydrogen-bond donors (Lipinski definition) is 1. The average molecular weight is 206 g/mol. The van der Waals surface area contributed by atoms with Gasteiger partial charge in [0.05, 0.1) is 13.4 Å². The summed E-state index contributed by atoms with van der Waals surface area (Å²) in [6, 6.07) is 6.30. The Kier molecular flexibility index (Phi) is 4.68. The van der Waals surface area contributed by atoms with Gasteiger partial charge in [0.1, 0.15) is 5.75 Å². The lowest BCUT2D eigenvalue weighted by Gasteiger charge is -2.08. The van der Waals surface area contributed by atoms with Crippen LogP contribution in [0, 0.1) is 0 Å². The van der Waals surface area contributed by atoms with Crippen molar-refractivity contribution in [2.75, 3.05) is 13.7 Å². The van der Waals surface area contributed by atoms with Crippen LogP contribution in [-0.4, -0.2) is 20.0 Å². The first-order valence-corrected chi connectivity index (χ1v) is 5.17. The van der Waals surface area contributed by atoms with Gasteiger partial charge in [0.2, 0.25) is 0 Å². The molecular formula is C12H18N2O. The Morgan fingerprint density at radius 1 is 1.47 bits per heavy atom. The number of aliphatic imine (C=N–C) groups is 1. The van der Waals surface area contributed by atoms with Crippen LogP contribution >= 0.6 is 0 Å². The Bertz CT molecular complexity index is 334. The van der Waals surface area contributed by atoms with Gasteiger partial charge in [-0.15, -0.1) is 0 Å². The van der Waals surface area contributed by atoms with Gasteiger partial charge in [-0.25, -0.2) is 0 Å². The number of benzene rings is 1. The molecule has 0 aliphatic heterocycles. The molecule has 3 nitrogen and oxygen atoms in total. The van der Waals surface area contributed by atoms with Crippen molar-refractivity contribution in [1.29, 1.82) is 0 Å². The monoisotopic (exact) mass is 206 g/mol. The minimum atomic E-state index is 0.727. The first kappa shape index (κ1) is 11.6. The van der Waals surface area contributed by atoms with Gasteiger partial charge in [0.15, 0.2) is 0 Å². The maximum Gasteiger partial charge on any atom is 0.122 e. The van der Waals surface area contributed by atoms with Crippen molar-refractivity contribution in [3.63, 3.8) is 0 Å². The SMILES string of the molecule is CCc1ccc(CCN=CN)cc1OC. The van der Waals surface area contributed by atoms with Gasteiger partial charge in [-0.05, 0) is 30.0 Å². The van der Waals surface area contributed by atoms with E-state index in [-0.39, 0.29) is 0 Å². The molecule has 82 valence electrons. The van der Waals surface area contributed by atoms with Gasteiger partial charge >= 0.3 is 0 Å². The molecule has 0 aliphatic rings. The number of hydrogen-bond acceptors (Lipinski definition) is 2. The molecule has 3 heteroatoms. The second kappa shape index (κ2) is 6.06. The summed E-state index contributed by atoms with van der Waals surface area (Å²) in [6.07, 6.45) is 3.23. The summed E-state index contributed by atoms with van der Waals surface area (Å²) in [5, 5.41) is 0. The van der Waals surface area contributed by atoms with E-state index in [1.54, 1.807) is 7.11 Å². The molecule has 0 heterocycles. The van der Waals surface area contributed by atoms with Crippen LogP contribution in [0.5, 0.6) is 5.75 Å². The molecule has 2 N–H and O–H groups in total. The minimum absolute atomic E-state index is 0.727. The van der Waals surface area contributed by atoms with Crippen molar-refractivity contribution in [2.45, 2.75) is 19.8 Å². The Labute approximate surface area is 91.0 Å². The van der Waals surface area contributed by atoms with Gasteiger partial charge in [0, 0.05) is 6.54 Å². The Morgan fingerprint density at radius 2 is 2.27 bits per heavy atom. The van der Waals surface area contributed by atoms with E-state index in [2.05, 4.69) is 30.1 Å². The molecule has 0 amide bonds. The Morgan fingerprint density at radius 3 is 2.87 bits per heavy atom. The van der Waals surface area contributed by atoms with Gasteiger partial charge in [0.25, 0.3) is 0 Å². The number of nitrogens with two attached hydrogens (primary N) is 1. The van der Waals surface area contributed by atoms with Crippen molar-refractivity contribution in [1.82, 2.24) is 0 Å². The molecule has 1 aromatic rings. The lowest BCUT2D eigenvalue weighted by atomic mass is 10.1. The quantitative estimate of drug-likeness (QED) is 0.589. The van der Waals surface area contributed by atoms with E-state index in [4.69, 9.17) is 10.5 Å². The maximum atomic E-state index is 5.32. The third kappa shape index (κ3) is 3.27. The fraction of sp³-hybridized carbons (Fsp3) is 0.417. The summed E-state index contributed by atoms with van der Waals surface area (Å²) < 4.78 is 5.32. The van der Waals surface area contributed by atoms with Crippen molar-refractivity contribution >= 4 is 6.34 Å². The molecule has 1 rings (SSSR count). The molecule has 0 radical (unpaired) electrons. The molecule has 0 saturated heterocycles. The average Bonchev–Trinajstić information content (AvgIpc) is 2.29. The summed E-state index contributed by atoms with van der Waals surface area (Å²) in [7, 11) is 1.70. The smallest absolute Gasteiger partial charge is 0.122 e. The first-order valence-electron chi connectivity index (χ1n) is 5.17. The summed E-state index contributed by atoms with van der Waals surface area (Å²) in [5.74, 6) is 0.965. The van der Waals surface area contributed by atoms with Gasteiger partial charge in [-0.2, -0.15) is 0 Å². The van der Waals surface area contributed by atoms with Crippen LogP contribution < -0.4 is 10.5 Å². The highest BCUT2D eigenvalue weighted by atomic mass is 16.5.